The van der Waals surface area contributed by atoms with Gasteiger partial charge in [0.1, 0.15) is 12.7 Å². The molecule has 1 unspecified atom stereocenters. The van der Waals surface area contributed by atoms with Gasteiger partial charge in [0.2, 0.25) is 0 Å². The summed E-state index contributed by atoms with van der Waals surface area (Å²) in [6.45, 7) is 2.30. The van der Waals surface area contributed by atoms with Crippen LogP contribution in [0.5, 0.6) is 0 Å². The SMILES string of the molecule is CC[C@H]1OC1NC(=O)OCc1ccccc1. The Bertz CT molecular complexity index is 353. The number of carbonyl (C=O) groups excluding carboxylic acids is 1. The molecule has 0 spiro atoms. The molecular weight excluding hydrogens is 206 g/mol. The van der Waals surface area contributed by atoms with Gasteiger partial charge in [-0.1, -0.05) is 37.3 Å². The zero-order valence-corrected chi connectivity index (χ0v) is 9.18. The molecule has 1 N–H and O–H groups in total. The van der Waals surface area contributed by atoms with Crippen LogP contribution in [0.1, 0.15) is 18.9 Å². The average molecular weight is 221 g/mol. The van der Waals surface area contributed by atoms with Crippen LogP contribution in [0.3, 0.4) is 0 Å². The van der Waals surface area contributed by atoms with E-state index in [9.17, 15) is 4.79 Å². The molecule has 0 aromatic heterocycles. The van der Waals surface area contributed by atoms with Crippen molar-refractivity contribution >= 4 is 6.09 Å². The van der Waals surface area contributed by atoms with Gasteiger partial charge in [0.05, 0.1) is 0 Å². The molecule has 0 bridgehead atoms. The van der Waals surface area contributed by atoms with Crippen LogP contribution in [0.4, 0.5) is 4.79 Å². The van der Waals surface area contributed by atoms with Crippen LogP contribution in [-0.4, -0.2) is 18.4 Å². The van der Waals surface area contributed by atoms with Crippen molar-refractivity contribution in [2.24, 2.45) is 0 Å². The van der Waals surface area contributed by atoms with Gasteiger partial charge in [-0.05, 0) is 12.0 Å². The van der Waals surface area contributed by atoms with Crippen molar-refractivity contribution in [3.8, 4) is 0 Å². The van der Waals surface area contributed by atoms with Gasteiger partial charge in [-0.15, -0.1) is 0 Å². The molecule has 1 fully saturated rings. The molecule has 0 aliphatic carbocycles. The maximum Gasteiger partial charge on any atom is 0.409 e. The Hall–Kier alpha value is -1.55. The van der Waals surface area contributed by atoms with Gasteiger partial charge in [0, 0.05) is 0 Å². The fourth-order valence-corrected chi connectivity index (χ4v) is 1.46. The van der Waals surface area contributed by atoms with E-state index in [1.807, 2.05) is 37.3 Å². The first-order chi connectivity index (χ1) is 7.79. The molecule has 1 aromatic carbocycles. The third kappa shape index (κ3) is 2.97. The van der Waals surface area contributed by atoms with Gasteiger partial charge < -0.3 is 9.47 Å². The first kappa shape index (κ1) is 11.0. The highest BCUT2D eigenvalue weighted by molar-refractivity contribution is 5.67. The Labute approximate surface area is 94.6 Å². The number of nitrogens with one attached hydrogen (secondary N) is 1. The lowest BCUT2D eigenvalue weighted by Gasteiger charge is -2.04. The zero-order valence-electron chi connectivity index (χ0n) is 9.18. The fraction of sp³-hybridized carbons (Fsp3) is 0.417. The van der Waals surface area contributed by atoms with E-state index in [1.54, 1.807) is 0 Å². The number of amides is 1. The number of ether oxygens (including phenoxy) is 2. The first-order valence-electron chi connectivity index (χ1n) is 5.42. The van der Waals surface area contributed by atoms with E-state index >= 15 is 0 Å². The van der Waals surface area contributed by atoms with Crippen LogP contribution in [0, 0.1) is 0 Å². The quantitative estimate of drug-likeness (QED) is 0.791. The number of carbonyl (C=O) groups is 1. The monoisotopic (exact) mass is 221 g/mol. The summed E-state index contributed by atoms with van der Waals surface area (Å²) in [4.78, 5) is 11.3. The molecule has 1 aliphatic rings. The van der Waals surface area contributed by atoms with Crippen LogP contribution in [0.2, 0.25) is 0 Å². The average Bonchev–Trinajstić information content (AvgIpc) is 3.06. The Morgan fingerprint density at radius 1 is 1.44 bits per heavy atom. The van der Waals surface area contributed by atoms with Crippen molar-refractivity contribution in [2.75, 3.05) is 0 Å². The zero-order chi connectivity index (χ0) is 11.4. The summed E-state index contributed by atoms with van der Waals surface area (Å²) in [5, 5.41) is 2.64. The Morgan fingerprint density at radius 2 is 2.19 bits per heavy atom. The standard InChI is InChI=1S/C12H15NO3/c1-2-10-11(16-10)13-12(14)15-8-9-6-4-3-5-7-9/h3-7,10-11H,2,8H2,1H3,(H,13,14)/t10-,11?/m1/s1. The summed E-state index contributed by atoms with van der Waals surface area (Å²) in [5.74, 6) is 0. The van der Waals surface area contributed by atoms with Gasteiger partial charge in [-0.3, -0.25) is 5.32 Å². The first-order valence-corrected chi connectivity index (χ1v) is 5.42. The smallest absolute Gasteiger partial charge is 0.409 e. The number of epoxide rings is 1. The summed E-state index contributed by atoms with van der Waals surface area (Å²) in [6, 6.07) is 9.57. The van der Waals surface area contributed by atoms with Crippen LogP contribution in [-0.2, 0) is 16.1 Å². The van der Waals surface area contributed by atoms with Gasteiger partial charge in [-0.2, -0.15) is 0 Å². The second kappa shape index (κ2) is 4.99. The molecule has 0 saturated carbocycles. The second-order valence-corrected chi connectivity index (χ2v) is 3.71. The largest absolute Gasteiger partial charge is 0.445 e. The Kier molecular flexibility index (Phi) is 3.41. The number of benzene rings is 1. The van der Waals surface area contributed by atoms with Crippen LogP contribution in [0.15, 0.2) is 30.3 Å². The predicted octanol–water partition coefficient (Wildman–Crippen LogP) is 2.05. The molecular formula is C12H15NO3. The number of hydrogen-bond donors (Lipinski definition) is 1. The summed E-state index contributed by atoms with van der Waals surface area (Å²) in [5.41, 5.74) is 0.974. The predicted molar refractivity (Wildman–Crippen MR) is 58.7 cm³/mol. The molecule has 4 heteroatoms. The molecule has 2 rings (SSSR count). The molecule has 1 saturated heterocycles. The van der Waals surface area contributed by atoms with Crippen LogP contribution < -0.4 is 5.32 Å². The third-order valence-electron chi connectivity index (χ3n) is 2.46. The van der Waals surface area contributed by atoms with E-state index in [0.717, 1.165) is 12.0 Å². The lowest BCUT2D eigenvalue weighted by atomic mass is 10.2. The van der Waals surface area contributed by atoms with E-state index < -0.39 is 6.09 Å². The topological polar surface area (TPSA) is 50.9 Å². The van der Waals surface area contributed by atoms with Crippen molar-refractivity contribution < 1.29 is 14.3 Å². The van der Waals surface area contributed by atoms with Crippen molar-refractivity contribution in [1.82, 2.24) is 5.32 Å². The van der Waals surface area contributed by atoms with Crippen molar-refractivity contribution in [3.63, 3.8) is 0 Å². The molecule has 0 radical (unpaired) electrons. The van der Waals surface area contributed by atoms with E-state index in [0.29, 0.717) is 0 Å². The number of alkyl carbamates (subject to hydrolysis) is 1. The third-order valence-corrected chi connectivity index (χ3v) is 2.46. The summed E-state index contributed by atoms with van der Waals surface area (Å²) >= 11 is 0. The number of hydrogen-bond acceptors (Lipinski definition) is 3. The molecule has 16 heavy (non-hydrogen) atoms. The van der Waals surface area contributed by atoms with Crippen molar-refractivity contribution in [3.05, 3.63) is 35.9 Å². The normalized spacial score (nSPS) is 22.6. The highest BCUT2D eigenvalue weighted by Crippen LogP contribution is 2.22. The summed E-state index contributed by atoms with van der Waals surface area (Å²) < 4.78 is 10.2. The summed E-state index contributed by atoms with van der Waals surface area (Å²) in [7, 11) is 0. The van der Waals surface area contributed by atoms with Gasteiger partial charge in [0.15, 0.2) is 6.23 Å². The Balaban J connectivity index is 1.69. The highest BCUT2D eigenvalue weighted by Gasteiger charge is 2.38. The lowest BCUT2D eigenvalue weighted by Crippen LogP contribution is -2.28. The summed E-state index contributed by atoms with van der Waals surface area (Å²) in [6.07, 6.45) is 0.478. The lowest BCUT2D eigenvalue weighted by molar-refractivity contribution is 0.135. The maximum atomic E-state index is 11.3. The fourth-order valence-electron chi connectivity index (χ4n) is 1.46. The van der Waals surface area contributed by atoms with Crippen LogP contribution in [0.25, 0.3) is 0 Å². The van der Waals surface area contributed by atoms with Gasteiger partial charge >= 0.3 is 6.09 Å². The van der Waals surface area contributed by atoms with Crippen molar-refractivity contribution in [2.45, 2.75) is 32.3 Å². The second-order valence-electron chi connectivity index (χ2n) is 3.71. The molecule has 1 heterocycles. The van der Waals surface area contributed by atoms with Crippen LogP contribution >= 0.6 is 0 Å². The number of rotatable bonds is 4. The minimum Gasteiger partial charge on any atom is -0.445 e. The molecule has 1 aromatic rings. The molecule has 4 nitrogen and oxygen atoms in total. The Morgan fingerprint density at radius 3 is 2.81 bits per heavy atom. The van der Waals surface area contributed by atoms with Gasteiger partial charge in [-0.25, -0.2) is 4.79 Å². The molecule has 86 valence electrons. The van der Waals surface area contributed by atoms with E-state index in [2.05, 4.69) is 5.32 Å². The van der Waals surface area contributed by atoms with E-state index in [1.165, 1.54) is 0 Å². The minimum atomic E-state index is -0.426. The van der Waals surface area contributed by atoms with Gasteiger partial charge in [0.25, 0.3) is 0 Å². The molecule has 1 amide bonds. The molecule has 2 atom stereocenters. The molecule has 1 aliphatic heterocycles. The minimum absolute atomic E-state index is 0.157. The van der Waals surface area contributed by atoms with E-state index in [-0.39, 0.29) is 18.9 Å². The highest BCUT2D eigenvalue weighted by atomic mass is 16.6. The van der Waals surface area contributed by atoms with E-state index in [4.69, 9.17) is 9.47 Å². The maximum absolute atomic E-state index is 11.3. The van der Waals surface area contributed by atoms with Crippen molar-refractivity contribution in [1.29, 1.82) is 0 Å².